The van der Waals surface area contributed by atoms with Crippen LogP contribution in [0.15, 0.2) is 41.9 Å². The Morgan fingerprint density at radius 1 is 1.17 bits per heavy atom. The summed E-state index contributed by atoms with van der Waals surface area (Å²) in [6.45, 7) is 1.68. The summed E-state index contributed by atoms with van der Waals surface area (Å²) in [5.41, 5.74) is 4.85. The van der Waals surface area contributed by atoms with Crippen molar-refractivity contribution in [2.24, 2.45) is 0 Å². The smallest absolute Gasteiger partial charge is 0.343 e. The Morgan fingerprint density at radius 2 is 1.92 bits per heavy atom. The maximum atomic E-state index is 13.4. The fourth-order valence-corrected chi connectivity index (χ4v) is 5.72. The first-order chi connectivity index (χ1) is 17.4. The van der Waals surface area contributed by atoms with Gasteiger partial charge >= 0.3 is 5.97 Å². The number of hydrogen-bond donors (Lipinski definition) is 1. The number of aromatic carboxylic acids is 1. The van der Waals surface area contributed by atoms with Crippen molar-refractivity contribution in [3.8, 4) is 11.5 Å². The van der Waals surface area contributed by atoms with Gasteiger partial charge in [0.1, 0.15) is 22.7 Å². The van der Waals surface area contributed by atoms with Gasteiger partial charge in [-0.1, -0.05) is 11.6 Å². The molecule has 186 valence electrons. The van der Waals surface area contributed by atoms with Gasteiger partial charge < -0.3 is 24.0 Å². The summed E-state index contributed by atoms with van der Waals surface area (Å²) in [6.07, 6.45) is 2.61. The lowest BCUT2D eigenvalue weighted by molar-refractivity contribution is -0.131. The van der Waals surface area contributed by atoms with E-state index in [1.165, 1.54) is 31.1 Å². The number of amides is 1. The van der Waals surface area contributed by atoms with E-state index in [-0.39, 0.29) is 29.4 Å². The lowest BCUT2D eigenvalue weighted by Crippen LogP contribution is -2.37. The Bertz CT molecular complexity index is 1450. The van der Waals surface area contributed by atoms with E-state index in [9.17, 15) is 14.7 Å². The number of carboxylic acid groups (broad SMARTS) is 1. The highest BCUT2D eigenvalue weighted by Gasteiger charge is 2.28. The number of nitrogens with zero attached hydrogens (tertiary/aromatic N) is 3. The Labute approximate surface area is 216 Å². The first-order valence-corrected chi connectivity index (χ1v) is 12.6. The predicted octanol–water partition coefficient (Wildman–Crippen LogP) is 4.64. The number of carboxylic acids is 1. The van der Waals surface area contributed by atoms with Gasteiger partial charge in [-0.15, -0.1) is 11.3 Å². The maximum absolute atomic E-state index is 13.4. The van der Waals surface area contributed by atoms with Gasteiger partial charge in [0, 0.05) is 23.8 Å². The monoisotopic (exact) mass is 525 g/mol. The summed E-state index contributed by atoms with van der Waals surface area (Å²) < 4.78 is 13.4. The molecule has 0 spiro atoms. The Morgan fingerprint density at radius 3 is 2.56 bits per heavy atom. The van der Waals surface area contributed by atoms with Crippen LogP contribution < -0.4 is 9.47 Å². The Hall–Kier alpha value is -3.56. The number of halogens is 1. The quantitative estimate of drug-likeness (QED) is 0.378. The number of fused-ring (bicyclic) bond motifs is 3. The zero-order valence-corrected chi connectivity index (χ0v) is 21.4. The van der Waals surface area contributed by atoms with Crippen molar-refractivity contribution in [2.75, 3.05) is 20.8 Å². The molecule has 0 fully saturated rings. The van der Waals surface area contributed by atoms with Crippen LogP contribution in [-0.4, -0.2) is 52.2 Å². The Balaban J connectivity index is 1.44. The molecule has 4 aromatic rings. The fourth-order valence-electron chi connectivity index (χ4n) is 4.82. The molecule has 0 saturated carbocycles. The molecule has 1 amide bonds. The standard InChI is InChI=1S/C26H24ClN3O5S/c1-34-20-8-15(9-21(35-2)24(20)26(32)33)11-23(31)29-7-5-17-18-4-3-6-28-25(18)30(19(17)13-29)12-16-10-22(27)36-14-16/h3-4,6,8-10,14H,5,7,11-13H2,1-2H3,(H,32,33). The summed E-state index contributed by atoms with van der Waals surface area (Å²) in [7, 11) is 2.79. The van der Waals surface area contributed by atoms with Gasteiger partial charge in [-0.3, -0.25) is 4.79 Å². The molecule has 10 heteroatoms. The van der Waals surface area contributed by atoms with Gasteiger partial charge in [0.05, 0.1) is 38.1 Å². The number of carbonyl (C=O) groups excluding carboxylic acids is 1. The van der Waals surface area contributed by atoms with Gasteiger partial charge in [-0.2, -0.15) is 0 Å². The lowest BCUT2D eigenvalue weighted by atomic mass is 10.0. The summed E-state index contributed by atoms with van der Waals surface area (Å²) in [4.78, 5) is 31.5. The molecule has 1 N–H and O–H groups in total. The minimum atomic E-state index is -1.15. The molecule has 1 aromatic carbocycles. The summed E-state index contributed by atoms with van der Waals surface area (Å²) >= 11 is 7.66. The van der Waals surface area contributed by atoms with Crippen molar-refractivity contribution in [2.45, 2.75) is 25.9 Å². The number of methoxy groups -OCH3 is 2. The lowest BCUT2D eigenvalue weighted by Gasteiger charge is -2.29. The first-order valence-electron chi connectivity index (χ1n) is 11.3. The number of benzene rings is 1. The molecular formula is C26H24ClN3O5S. The van der Waals surface area contributed by atoms with E-state index in [1.807, 2.05) is 22.4 Å². The molecule has 0 bridgehead atoms. The van der Waals surface area contributed by atoms with E-state index in [4.69, 9.17) is 21.1 Å². The largest absolute Gasteiger partial charge is 0.496 e. The molecule has 1 aliphatic rings. The van der Waals surface area contributed by atoms with Crippen LogP contribution in [0.5, 0.6) is 11.5 Å². The molecule has 4 heterocycles. The highest BCUT2D eigenvalue weighted by Crippen LogP contribution is 2.33. The zero-order valence-electron chi connectivity index (χ0n) is 19.8. The van der Waals surface area contributed by atoms with E-state index in [1.54, 1.807) is 18.3 Å². The molecule has 8 nitrogen and oxygen atoms in total. The van der Waals surface area contributed by atoms with Gasteiger partial charge in [0.15, 0.2) is 0 Å². The number of hydrogen-bond acceptors (Lipinski definition) is 6. The third-order valence-electron chi connectivity index (χ3n) is 6.46. The van der Waals surface area contributed by atoms with Crippen molar-refractivity contribution >= 4 is 45.8 Å². The van der Waals surface area contributed by atoms with Crippen molar-refractivity contribution in [3.63, 3.8) is 0 Å². The molecule has 0 aliphatic carbocycles. The van der Waals surface area contributed by atoms with Crippen LogP contribution in [0.1, 0.15) is 32.7 Å². The highest BCUT2D eigenvalue weighted by molar-refractivity contribution is 7.14. The molecular weight excluding hydrogens is 502 g/mol. The number of pyridine rings is 1. The van der Waals surface area contributed by atoms with Crippen molar-refractivity contribution < 1.29 is 24.2 Å². The molecule has 0 atom stereocenters. The second-order valence-electron chi connectivity index (χ2n) is 8.57. The number of ether oxygens (including phenoxy) is 2. The van der Waals surface area contributed by atoms with Gasteiger partial charge in [0.2, 0.25) is 5.91 Å². The number of carbonyl (C=O) groups is 2. The van der Waals surface area contributed by atoms with Gasteiger partial charge in [-0.25, -0.2) is 9.78 Å². The molecule has 1 aliphatic heterocycles. The normalized spacial score (nSPS) is 13.0. The SMILES string of the molecule is COc1cc(CC(=O)N2CCc3c(n(Cc4csc(Cl)c4)c4ncccc34)C2)cc(OC)c1C(=O)O. The molecule has 5 rings (SSSR count). The van der Waals surface area contributed by atoms with Crippen LogP contribution in [-0.2, 0) is 30.7 Å². The second-order valence-corrected chi connectivity index (χ2v) is 10.1. The van der Waals surface area contributed by atoms with E-state index in [2.05, 4.69) is 15.6 Å². The minimum Gasteiger partial charge on any atom is -0.496 e. The fraction of sp³-hybridized carbons (Fsp3) is 0.269. The average Bonchev–Trinajstić information content (AvgIpc) is 3.43. The molecule has 0 radical (unpaired) electrons. The van der Waals surface area contributed by atoms with Crippen LogP contribution >= 0.6 is 22.9 Å². The van der Waals surface area contributed by atoms with Crippen molar-refractivity contribution in [3.05, 3.63) is 74.2 Å². The van der Waals surface area contributed by atoms with Gasteiger partial charge in [-0.05, 0) is 58.8 Å². The molecule has 3 aromatic heterocycles. The maximum Gasteiger partial charge on any atom is 0.343 e. The average molecular weight is 526 g/mol. The van der Waals surface area contributed by atoms with Crippen LogP contribution in [0.25, 0.3) is 11.0 Å². The van der Waals surface area contributed by atoms with Crippen LogP contribution in [0.4, 0.5) is 0 Å². The van der Waals surface area contributed by atoms with Crippen LogP contribution in [0.2, 0.25) is 4.34 Å². The summed E-state index contributed by atoms with van der Waals surface area (Å²) in [5.74, 6) is -0.896. The van der Waals surface area contributed by atoms with Crippen molar-refractivity contribution in [1.82, 2.24) is 14.5 Å². The third-order valence-corrected chi connectivity index (χ3v) is 7.60. The van der Waals surface area contributed by atoms with Gasteiger partial charge in [0.25, 0.3) is 0 Å². The number of thiophene rings is 1. The number of rotatable bonds is 7. The summed E-state index contributed by atoms with van der Waals surface area (Å²) in [5, 5.41) is 12.7. The molecule has 0 unspecified atom stereocenters. The predicted molar refractivity (Wildman–Crippen MR) is 137 cm³/mol. The zero-order chi connectivity index (χ0) is 25.4. The number of aromatic nitrogens is 2. The molecule has 36 heavy (non-hydrogen) atoms. The third kappa shape index (κ3) is 4.40. The molecule has 0 saturated heterocycles. The summed E-state index contributed by atoms with van der Waals surface area (Å²) in [6, 6.07) is 9.15. The minimum absolute atomic E-state index is 0.0591. The van der Waals surface area contributed by atoms with Crippen LogP contribution in [0, 0.1) is 0 Å². The van der Waals surface area contributed by atoms with E-state index < -0.39 is 5.97 Å². The Kier molecular flexibility index (Phi) is 6.59. The second kappa shape index (κ2) is 9.83. The highest BCUT2D eigenvalue weighted by atomic mass is 35.5. The van der Waals surface area contributed by atoms with E-state index in [0.29, 0.717) is 25.2 Å². The van der Waals surface area contributed by atoms with E-state index in [0.717, 1.165) is 33.0 Å². The van der Waals surface area contributed by atoms with E-state index >= 15 is 0 Å². The first kappa shape index (κ1) is 24.1. The van der Waals surface area contributed by atoms with Crippen LogP contribution in [0.3, 0.4) is 0 Å². The topological polar surface area (TPSA) is 93.9 Å². The van der Waals surface area contributed by atoms with Crippen molar-refractivity contribution in [1.29, 1.82) is 0 Å².